The molecule has 0 radical (unpaired) electrons. The van der Waals surface area contributed by atoms with Gasteiger partial charge in [0.05, 0.1) is 10.6 Å². The fourth-order valence-corrected chi connectivity index (χ4v) is 3.92. The summed E-state index contributed by atoms with van der Waals surface area (Å²) in [6.07, 6.45) is 5.96. The lowest BCUT2D eigenvalue weighted by Crippen LogP contribution is -2.54. The number of pyridine rings is 1. The summed E-state index contributed by atoms with van der Waals surface area (Å²) in [7, 11) is 1.91. The maximum Gasteiger partial charge on any atom is 0.255 e. The van der Waals surface area contributed by atoms with Crippen molar-refractivity contribution in [2.45, 2.75) is 36.5 Å². The number of aryl methyl sites for hydroxylation is 1. The van der Waals surface area contributed by atoms with E-state index in [9.17, 15) is 4.79 Å². The van der Waals surface area contributed by atoms with Crippen molar-refractivity contribution in [2.75, 3.05) is 13.1 Å². The molecule has 1 fully saturated rings. The number of halogens is 3. The highest BCUT2D eigenvalue weighted by Crippen LogP contribution is 2.32. The predicted octanol–water partition coefficient (Wildman–Crippen LogP) is 3.66. The van der Waals surface area contributed by atoms with E-state index in [1.54, 1.807) is 18.5 Å². The minimum absolute atomic E-state index is 0. The van der Waals surface area contributed by atoms with Crippen LogP contribution in [0.5, 0.6) is 0 Å². The van der Waals surface area contributed by atoms with Gasteiger partial charge in [0.2, 0.25) is 0 Å². The monoisotopic (exact) mass is 451 g/mol. The number of likely N-dealkylation sites (tertiary alicyclic amines) is 1. The third-order valence-corrected chi connectivity index (χ3v) is 6.11. The molecule has 1 saturated heterocycles. The van der Waals surface area contributed by atoms with E-state index in [2.05, 4.69) is 23.8 Å². The summed E-state index contributed by atoms with van der Waals surface area (Å²) < 4.78 is 1.89. The molecule has 0 saturated carbocycles. The smallest absolute Gasteiger partial charge is 0.255 e. The van der Waals surface area contributed by atoms with Crippen LogP contribution in [0.1, 0.15) is 30.6 Å². The lowest BCUT2D eigenvalue weighted by molar-refractivity contribution is 0.0532. The molecule has 3 rings (SSSR count). The van der Waals surface area contributed by atoms with Crippen LogP contribution in [-0.4, -0.2) is 44.5 Å². The van der Waals surface area contributed by atoms with Gasteiger partial charge in [-0.2, -0.15) is 0 Å². The number of piperidine rings is 1. The van der Waals surface area contributed by atoms with E-state index >= 15 is 0 Å². The molecule has 2 N–H and O–H groups in total. The molecule has 27 heavy (non-hydrogen) atoms. The molecule has 0 aromatic carbocycles. The van der Waals surface area contributed by atoms with Gasteiger partial charge in [0.15, 0.2) is 5.16 Å². The Morgan fingerprint density at radius 3 is 2.63 bits per heavy atom. The molecule has 0 aliphatic carbocycles. The van der Waals surface area contributed by atoms with Gasteiger partial charge < -0.3 is 15.2 Å². The van der Waals surface area contributed by atoms with Gasteiger partial charge in [0.25, 0.3) is 5.91 Å². The Balaban J connectivity index is 0.00000182. The Bertz CT molecular complexity index is 799. The molecule has 1 amide bonds. The lowest BCUT2D eigenvalue weighted by Gasteiger charge is -2.42. The molecule has 1 aliphatic rings. The molecule has 2 aromatic rings. The Morgan fingerprint density at radius 1 is 1.37 bits per heavy atom. The zero-order chi connectivity index (χ0) is 18.2. The number of amides is 1. The Kier molecular flexibility index (Phi) is 8.44. The van der Waals surface area contributed by atoms with Crippen molar-refractivity contribution in [2.24, 2.45) is 18.2 Å². The van der Waals surface area contributed by atoms with Crippen LogP contribution < -0.4 is 5.73 Å². The van der Waals surface area contributed by atoms with Gasteiger partial charge in [0, 0.05) is 44.8 Å². The summed E-state index contributed by atoms with van der Waals surface area (Å²) in [4.78, 5) is 23.2. The maximum absolute atomic E-state index is 12.8. The molecule has 0 spiro atoms. The second-order valence-electron chi connectivity index (χ2n) is 7.04. The van der Waals surface area contributed by atoms with Gasteiger partial charge in [-0.3, -0.25) is 4.79 Å². The molecular formula is C17H24Cl3N5OS. The van der Waals surface area contributed by atoms with Crippen molar-refractivity contribution >= 4 is 54.1 Å². The van der Waals surface area contributed by atoms with E-state index in [0.717, 1.165) is 11.6 Å². The van der Waals surface area contributed by atoms with Crippen molar-refractivity contribution < 1.29 is 4.79 Å². The average molecular weight is 453 g/mol. The topological polar surface area (TPSA) is 77.0 Å². The molecule has 6 nitrogen and oxygen atoms in total. The van der Waals surface area contributed by atoms with E-state index < -0.39 is 0 Å². The molecule has 10 heteroatoms. The number of nitrogens with zero attached hydrogens (tertiary/aromatic N) is 4. The van der Waals surface area contributed by atoms with Crippen LogP contribution in [0, 0.1) is 5.41 Å². The number of aromatic nitrogens is 3. The maximum atomic E-state index is 12.8. The molecule has 2 aromatic heterocycles. The minimum atomic E-state index is -0.0981. The summed E-state index contributed by atoms with van der Waals surface area (Å²) in [5.41, 5.74) is 6.55. The van der Waals surface area contributed by atoms with Crippen LogP contribution in [-0.2, 0) is 7.05 Å². The van der Waals surface area contributed by atoms with Gasteiger partial charge in [-0.1, -0.05) is 25.4 Å². The van der Waals surface area contributed by atoms with E-state index in [1.165, 1.54) is 11.8 Å². The number of carbonyl (C=O) groups is 1. The molecule has 3 heterocycles. The summed E-state index contributed by atoms with van der Waals surface area (Å²) in [6.45, 7) is 5.48. The Labute approximate surface area is 181 Å². The van der Waals surface area contributed by atoms with Crippen LogP contribution in [0.4, 0.5) is 0 Å². The van der Waals surface area contributed by atoms with Gasteiger partial charge in [-0.05, 0) is 29.7 Å². The standard InChI is InChI=1S/C17H22ClN5OS.2ClH/c1-17(2)10-23(6-4-13(17)19)15(24)11-8-12(18)14(21-9-11)25-16-20-5-7-22(16)3;;/h5,7-9,13H,4,6,10,19H2,1-3H3;2*1H. The summed E-state index contributed by atoms with van der Waals surface area (Å²) in [5.74, 6) is -0.0529. The van der Waals surface area contributed by atoms with Gasteiger partial charge >= 0.3 is 0 Å². The fourth-order valence-electron chi connectivity index (χ4n) is 2.88. The second-order valence-corrected chi connectivity index (χ2v) is 8.41. The number of carbonyl (C=O) groups excluding carboxylic acids is 1. The largest absolute Gasteiger partial charge is 0.338 e. The van der Waals surface area contributed by atoms with Gasteiger partial charge in [0.1, 0.15) is 5.03 Å². The minimum Gasteiger partial charge on any atom is -0.338 e. The van der Waals surface area contributed by atoms with Crippen LogP contribution in [0.15, 0.2) is 34.8 Å². The molecule has 1 unspecified atom stereocenters. The van der Waals surface area contributed by atoms with Crippen molar-refractivity contribution in [1.29, 1.82) is 0 Å². The fraction of sp³-hybridized carbons (Fsp3) is 0.471. The number of imidazole rings is 1. The summed E-state index contributed by atoms with van der Waals surface area (Å²) in [6, 6.07) is 1.79. The Morgan fingerprint density at radius 2 is 2.07 bits per heavy atom. The highest BCUT2D eigenvalue weighted by molar-refractivity contribution is 7.99. The molecular weight excluding hydrogens is 429 g/mol. The molecule has 150 valence electrons. The van der Waals surface area contributed by atoms with Crippen LogP contribution in [0.2, 0.25) is 5.02 Å². The average Bonchev–Trinajstić information content (AvgIpc) is 2.96. The van der Waals surface area contributed by atoms with Crippen molar-refractivity contribution in [1.82, 2.24) is 19.4 Å². The first-order valence-electron chi connectivity index (χ1n) is 8.13. The second kappa shape index (κ2) is 9.47. The van der Waals surface area contributed by atoms with Crippen molar-refractivity contribution in [3.63, 3.8) is 0 Å². The first kappa shape index (κ1) is 24.0. The number of hydrogen-bond donors (Lipinski definition) is 1. The zero-order valence-corrected chi connectivity index (χ0v) is 18.6. The quantitative estimate of drug-likeness (QED) is 0.769. The lowest BCUT2D eigenvalue weighted by atomic mass is 9.79. The van der Waals surface area contributed by atoms with E-state index in [4.69, 9.17) is 17.3 Å². The normalized spacial score (nSPS) is 18.4. The molecule has 1 atom stereocenters. The van der Waals surface area contributed by atoms with E-state index in [0.29, 0.717) is 28.7 Å². The van der Waals surface area contributed by atoms with Crippen LogP contribution in [0.25, 0.3) is 0 Å². The predicted molar refractivity (Wildman–Crippen MR) is 113 cm³/mol. The summed E-state index contributed by atoms with van der Waals surface area (Å²) >= 11 is 7.72. The number of rotatable bonds is 3. The van der Waals surface area contributed by atoms with Gasteiger partial charge in [-0.15, -0.1) is 24.8 Å². The number of hydrogen-bond acceptors (Lipinski definition) is 5. The van der Waals surface area contributed by atoms with E-state index in [-0.39, 0.29) is 42.2 Å². The van der Waals surface area contributed by atoms with Crippen LogP contribution >= 0.6 is 48.2 Å². The summed E-state index contributed by atoms with van der Waals surface area (Å²) in [5, 5.41) is 1.88. The van der Waals surface area contributed by atoms with Gasteiger partial charge in [-0.25, -0.2) is 9.97 Å². The third-order valence-electron chi connectivity index (χ3n) is 4.62. The number of nitrogens with two attached hydrogens (primary N) is 1. The molecule has 1 aliphatic heterocycles. The van der Waals surface area contributed by atoms with Crippen molar-refractivity contribution in [3.8, 4) is 0 Å². The SMILES string of the molecule is Cl.Cl.Cn1ccnc1Sc1ncc(C(=O)N2CCC(N)C(C)(C)C2)cc1Cl. The first-order chi connectivity index (χ1) is 11.8. The molecule has 0 bridgehead atoms. The first-order valence-corrected chi connectivity index (χ1v) is 9.33. The van der Waals surface area contributed by atoms with E-state index in [1.807, 2.05) is 22.7 Å². The third kappa shape index (κ3) is 5.29. The van der Waals surface area contributed by atoms with Crippen molar-refractivity contribution in [3.05, 3.63) is 35.2 Å². The zero-order valence-electron chi connectivity index (χ0n) is 15.4. The Hall–Kier alpha value is -0.990. The highest BCUT2D eigenvalue weighted by atomic mass is 35.5. The van der Waals surface area contributed by atoms with Crippen LogP contribution in [0.3, 0.4) is 0 Å². The highest BCUT2D eigenvalue weighted by Gasteiger charge is 2.35.